The highest BCUT2D eigenvalue weighted by Crippen LogP contribution is 2.35. The van der Waals surface area contributed by atoms with E-state index < -0.39 is 5.97 Å². The number of carboxylic acid groups (broad SMARTS) is 1. The molecule has 0 aliphatic carbocycles. The number of nitrogens with zero attached hydrogens (tertiary/aromatic N) is 1. The number of hydrogen-bond donors (Lipinski definition) is 1. The molecule has 4 nitrogen and oxygen atoms in total. The Hall–Kier alpha value is -3.14. The molecule has 0 aliphatic heterocycles. The monoisotopic (exact) mass is 358 g/mol. The smallest absolute Gasteiger partial charge is 0.305 e. The van der Waals surface area contributed by atoms with E-state index in [4.69, 9.17) is 5.11 Å². The molecule has 4 aromatic rings. The van der Waals surface area contributed by atoms with Crippen LogP contribution in [0.2, 0.25) is 0 Å². The lowest BCUT2D eigenvalue weighted by molar-refractivity contribution is -0.219. The molecule has 27 heavy (non-hydrogen) atoms. The molecule has 0 bridgehead atoms. The van der Waals surface area contributed by atoms with Crippen LogP contribution in [0.3, 0.4) is 0 Å². The number of rotatable bonds is 7. The number of hydrogen-bond acceptors (Lipinski definition) is 3. The second-order valence-corrected chi connectivity index (χ2v) is 6.90. The van der Waals surface area contributed by atoms with Crippen LogP contribution in [0.1, 0.15) is 24.8 Å². The van der Waals surface area contributed by atoms with Crippen molar-refractivity contribution in [3.63, 3.8) is 0 Å². The molecule has 0 heterocycles. The van der Waals surface area contributed by atoms with Crippen molar-refractivity contribution in [2.24, 2.45) is 4.99 Å². The van der Waals surface area contributed by atoms with E-state index in [0.29, 0.717) is 12.8 Å². The Morgan fingerprint density at radius 1 is 0.889 bits per heavy atom. The van der Waals surface area contributed by atoms with Crippen LogP contribution >= 0.6 is 0 Å². The molecule has 4 heteroatoms. The summed E-state index contributed by atoms with van der Waals surface area (Å²) in [6.45, 7) is 0.0640. The summed E-state index contributed by atoms with van der Waals surface area (Å²) >= 11 is 0. The average Bonchev–Trinajstić information content (AvgIpc) is 2.65. The second kappa shape index (κ2) is 7.23. The summed E-state index contributed by atoms with van der Waals surface area (Å²) in [5.74, 6) is -1.14. The first-order valence-corrected chi connectivity index (χ1v) is 9.20. The zero-order valence-corrected chi connectivity index (χ0v) is 14.9. The van der Waals surface area contributed by atoms with Gasteiger partial charge in [0.25, 0.3) is 0 Å². The number of carbonyl (C=O) groups is 1. The van der Waals surface area contributed by atoms with Crippen molar-refractivity contribution in [3.8, 4) is 0 Å². The first-order valence-electron chi connectivity index (χ1n) is 9.20. The summed E-state index contributed by atoms with van der Waals surface area (Å²) in [7, 11) is 0. The van der Waals surface area contributed by atoms with Crippen LogP contribution in [-0.2, 0) is 11.2 Å². The average molecular weight is 358 g/mol. The summed E-state index contributed by atoms with van der Waals surface area (Å²) in [5, 5.41) is 27.9. The van der Waals surface area contributed by atoms with Gasteiger partial charge in [0.05, 0.1) is 6.42 Å². The van der Waals surface area contributed by atoms with Crippen LogP contribution in [0.5, 0.6) is 0 Å². The largest absolute Gasteiger partial charge is 0.862 e. The van der Waals surface area contributed by atoms with Crippen molar-refractivity contribution in [1.82, 2.24) is 0 Å². The van der Waals surface area contributed by atoms with E-state index in [1.165, 1.54) is 37.9 Å². The Morgan fingerprint density at radius 2 is 1.48 bits per heavy atom. The minimum absolute atomic E-state index is 0.0640. The summed E-state index contributed by atoms with van der Waals surface area (Å²) in [5.41, 5.74) is 1.21. The fourth-order valence-electron chi connectivity index (χ4n) is 3.76. The van der Waals surface area contributed by atoms with Crippen molar-refractivity contribution in [1.29, 1.82) is 0 Å². The van der Waals surface area contributed by atoms with E-state index in [-0.39, 0.29) is 18.9 Å². The predicted molar refractivity (Wildman–Crippen MR) is 108 cm³/mol. The molecule has 0 spiro atoms. The van der Waals surface area contributed by atoms with E-state index in [1.807, 2.05) is 0 Å². The molecule has 0 atom stereocenters. The van der Waals surface area contributed by atoms with Gasteiger partial charge in [-0.1, -0.05) is 54.6 Å². The third kappa shape index (κ3) is 3.56. The molecule has 1 N–H and O–H groups in total. The normalized spacial score (nSPS) is 12.4. The lowest BCUT2D eigenvalue weighted by Gasteiger charge is -2.13. The van der Waals surface area contributed by atoms with E-state index in [1.54, 1.807) is 0 Å². The first kappa shape index (κ1) is 17.3. The van der Waals surface area contributed by atoms with E-state index in [9.17, 15) is 9.90 Å². The zero-order valence-electron chi connectivity index (χ0n) is 14.9. The second-order valence-electron chi connectivity index (χ2n) is 6.90. The molecule has 4 rings (SSSR count). The summed E-state index contributed by atoms with van der Waals surface area (Å²) in [4.78, 5) is 14.2. The quantitative estimate of drug-likeness (QED) is 0.306. The molecule has 0 unspecified atom stereocenters. The van der Waals surface area contributed by atoms with Gasteiger partial charge in [0, 0.05) is 6.54 Å². The van der Waals surface area contributed by atoms with E-state index >= 15 is 0 Å². The van der Waals surface area contributed by atoms with Crippen LogP contribution in [0.4, 0.5) is 0 Å². The fraction of sp³-hybridized carbons (Fsp3) is 0.217. The Bertz CT molecular complexity index is 1080. The van der Waals surface area contributed by atoms with Gasteiger partial charge in [-0.2, -0.15) is 0 Å². The van der Waals surface area contributed by atoms with Crippen molar-refractivity contribution < 1.29 is 15.0 Å². The molecular formula is C23H20NO3-. The first-order chi connectivity index (χ1) is 13.1. The number of benzene rings is 4. The SMILES string of the molecule is O=C(O)CCN=C([O-])CCCc1cc2ccc3cccc4ccc(c1)c2c34. The number of aryl methyl sites for hydroxylation is 1. The van der Waals surface area contributed by atoms with Gasteiger partial charge in [0.1, 0.15) is 0 Å². The van der Waals surface area contributed by atoms with Crippen LogP contribution in [-0.4, -0.2) is 23.5 Å². The van der Waals surface area contributed by atoms with Gasteiger partial charge in [-0.25, -0.2) is 0 Å². The number of aliphatic carboxylic acids is 1. The standard InChI is InChI=1S/C23H21NO3/c25-20(24-12-11-21(26)27)6-1-3-15-13-18-9-7-16-4-2-5-17-8-10-19(14-15)23(18)22(16)17/h2,4-5,7-10,13-14H,1,3,6,11-12H2,(H,24,25)(H,26,27)/p-1. The molecule has 0 radical (unpaired) electrons. The minimum atomic E-state index is -0.930. The third-order valence-electron chi connectivity index (χ3n) is 4.99. The summed E-state index contributed by atoms with van der Waals surface area (Å²) < 4.78 is 0. The molecule has 0 amide bonds. The van der Waals surface area contributed by atoms with Gasteiger partial charge in [0.15, 0.2) is 0 Å². The van der Waals surface area contributed by atoms with Gasteiger partial charge >= 0.3 is 5.97 Å². The Kier molecular flexibility index (Phi) is 4.63. The summed E-state index contributed by atoms with van der Waals surface area (Å²) in [6.07, 6.45) is 1.77. The minimum Gasteiger partial charge on any atom is -0.862 e. The third-order valence-corrected chi connectivity index (χ3v) is 4.99. The molecule has 0 saturated heterocycles. The van der Waals surface area contributed by atoms with Crippen molar-refractivity contribution in [2.75, 3.05) is 6.54 Å². The molecule has 0 saturated carbocycles. The van der Waals surface area contributed by atoms with Crippen LogP contribution < -0.4 is 5.11 Å². The topological polar surface area (TPSA) is 72.7 Å². The number of aliphatic imine (C=N–C) groups is 1. The molecule has 136 valence electrons. The maximum absolute atomic E-state index is 11.7. The Balaban J connectivity index is 1.54. The Labute approximate surface area is 157 Å². The van der Waals surface area contributed by atoms with Crippen LogP contribution in [0, 0.1) is 0 Å². The summed E-state index contributed by atoms with van der Waals surface area (Å²) in [6, 6.07) is 19.5. The Morgan fingerprint density at radius 3 is 2.11 bits per heavy atom. The van der Waals surface area contributed by atoms with Crippen LogP contribution in [0.25, 0.3) is 32.3 Å². The molecule has 0 aliphatic rings. The van der Waals surface area contributed by atoms with Crippen molar-refractivity contribution in [3.05, 3.63) is 60.2 Å². The van der Waals surface area contributed by atoms with Gasteiger partial charge in [-0.05, 0) is 63.0 Å². The lowest BCUT2D eigenvalue weighted by atomic mass is 9.92. The maximum Gasteiger partial charge on any atom is 0.305 e. The van der Waals surface area contributed by atoms with Gasteiger partial charge in [-0.15, -0.1) is 0 Å². The number of carboxylic acids is 1. The highest BCUT2D eigenvalue weighted by atomic mass is 16.4. The lowest BCUT2D eigenvalue weighted by Crippen LogP contribution is -2.18. The molecule has 4 aromatic carbocycles. The van der Waals surface area contributed by atoms with Crippen molar-refractivity contribution >= 4 is 44.2 Å². The van der Waals surface area contributed by atoms with E-state index in [0.717, 1.165) is 6.42 Å². The van der Waals surface area contributed by atoms with Crippen molar-refractivity contribution in [2.45, 2.75) is 25.7 Å². The highest BCUT2D eigenvalue weighted by Gasteiger charge is 2.08. The van der Waals surface area contributed by atoms with Gasteiger partial charge < -0.3 is 15.2 Å². The molecule has 0 fully saturated rings. The van der Waals surface area contributed by atoms with Gasteiger partial charge in [-0.3, -0.25) is 4.79 Å². The predicted octanol–water partition coefficient (Wildman–Crippen LogP) is 4.14. The van der Waals surface area contributed by atoms with E-state index in [2.05, 4.69) is 59.6 Å². The van der Waals surface area contributed by atoms with Crippen LogP contribution in [0.15, 0.2) is 59.6 Å². The maximum atomic E-state index is 11.7. The zero-order chi connectivity index (χ0) is 18.8. The fourth-order valence-corrected chi connectivity index (χ4v) is 3.76. The highest BCUT2D eigenvalue weighted by molar-refractivity contribution is 6.23. The van der Waals surface area contributed by atoms with Gasteiger partial charge in [0.2, 0.25) is 0 Å². The molecular weight excluding hydrogens is 338 g/mol. The molecule has 0 aromatic heterocycles.